The fraction of sp³-hybridized carbons (Fsp3) is 0.125. The maximum absolute atomic E-state index is 13.0. The Morgan fingerprint density at radius 2 is 2.25 bits per heavy atom. The average Bonchev–Trinajstić information content (AvgIpc) is 2.03. The lowest BCUT2D eigenvalue weighted by molar-refractivity contribution is 0.102. The summed E-state index contributed by atoms with van der Waals surface area (Å²) in [6, 6.07) is 4.59. The predicted octanol–water partition coefficient (Wildman–Crippen LogP) is 0.662. The van der Waals surface area contributed by atoms with Gasteiger partial charge in [0.15, 0.2) is 5.78 Å². The first-order chi connectivity index (χ1) is 5.65. The molecule has 0 heterocycles. The summed E-state index contributed by atoms with van der Waals surface area (Å²) in [5.74, 6) is -0.674. The van der Waals surface area contributed by atoms with Gasteiger partial charge in [-0.25, -0.2) is 4.39 Å². The van der Waals surface area contributed by atoms with Gasteiger partial charge in [0.1, 0.15) is 13.7 Å². The fourth-order valence-electron chi connectivity index (χ4n) is 0.918. The van der Waals surface area contributed by atoms with Crippen molar-refractivity contribution in [3.63, 3.8) is 0 Å². The van der Waals surface area contributed by atoms with Crippen molar-refractivity contribution in [2.45, 2.75) is 0 Å². The van der Waals surface area contributed by atoms with Gasteiger partial charge in [-0.05, 0) is 12.1 Å². The minimum Gasteiger partial charge on any atom is -0.293 e. The Morgan fingerprint density at radius 1 is 1.58 bits per heavy atom. The van der Waals surface area contributed by atoms with E-state index >= 15 is 0 Å². The van der Waals surface area contributed by atoms with Gasteiger partial charge < -0.3 is 0 Å². The minimum absolute atomic E-state index is 0.150. The summed E-state index contributed by atoms with van der Waals surface area (Å²) in [7, 11) is 1.78. The third-order valence-corrected chi connectivity index (χ3v) is 2.06. The number of hydrogen-bond donors (Lipinski definition) is 0. The highest BCUT2D eigenvalue weighted by Gasteiger charge is 2.09. The van der Waals surface area contributed by atoms with Crippen LogP contribution in [0, 0.1) is 5.82 Å². The van der Waals surface area contributed by atoms with Gasteiger partial charge in [0.2, 0.25) is 0 Å². The van der Waals surface area contributed by atoms with Gasteiger partial charge in [0.25, 0.3) is 0 Å². The molecule has 4 heteroatoms. The van der Waals surface area contributed by atoms with Crippen molar-refractivity contribution < 1.29 is 9.18 Å². The molecule has 0 aliphatic carbocycles. The van der Waals surface area contributed by atoms with E-state index in [9.17, 15) is 9.18 Å². The standard InChI is InChI=1S/C8H7BBrFO/c9-5-1-2-6(7(11)3-5)8(12)4-10/h1-3H,4,9H2. The third kappa shape index (κ3) is 1.94. The molecule has 1 aromatic rings. The molecular formula is C8H7BBrFO. The van der Waals surface area contributed by atoms with Gasteiger partial charge in [-0.15, -0.1) is 0 Å². The molecule has 1 rings (SSSR count). The molecule has 0 fully saturated rings. The number of ketones is 1. The van der Waals surface area contributed by atoms with Crippen LogP contribution in [0.3, 0.4) is 0 Å². The van der Waals surface area contributed by atoms with Crippen molar-refractivity contribution in [1.29, 1.82) is 0 Å². The Morgan fingerprint density at radius 3 is 2.75 bits per heavy atom. The first-order valence-electron chi connectivity index (χ1n) is 3.50. The Kier molecular flexibility index (Phi) is 3.03. The number of hydrogen-bond acceptors (Lipinski definition) is 1. The fourth-order valence-corrected chi connectivity index (χ4v) is 1.22. The molecule has 1 aromatic carbocycles. The number of rotatable bonds is 2. The normalized spacial score (nSPS) is 9.83. The van der Waals surface area contributed by atoms with E-state index < -0.39 is 5.82 Å². The van der Waals surface area contributed by atoms with Gasteiger partial charge >= 0.3 is 0 Å². The number of alkyl halides is 1. The van der Waals surface area contributed by atoms with Gasteiger partial charge in [0, 0.05) is 0 Å². The summed E-state index contributed by atoms with van der Waals surface area (Å²) < 4.78 is 13.0. The SMILES string of the molecule is Bc1ccc(C(=O)CBr)c(F)c1. The van der Waals surface area contributed by atoms with Crippen LogP contribution < -0.4 is 5.46 Å². The Bertz CT molecular complexity index is 314. The number of benzene rings is 1. The van der Waals surface area contributed by atoms with E-state index in [1.165, 1.54) is 12.1 Å². The quantitative estimate of drug-likeness (QED) is 0.413. The topological polar surface area (TPSA) is 17.1 Å². The smallest absolute Gasteiger partial charge is 0.176 e. The lowest BCUT2D eigenvalue weighted by Crippen LogP contribution is -2.09. The van der Waals surface area contributed by atoms with Crippen LogP contribution in [0.1, 0.15) is 10.4 Å². The summed E-state index contributed by atoms with van der Waals surface area (Å²) in [5.41, 5.74) is 0.969. The van der Waals surface area contributed by atoms with Crippen molar-refractivity contribution in [3.8, 4) is 0 Å². The van der Waals surface area contributed by atoms with Crippen LogP contribution >= 0.6 is 15.9 Å². The summed E-state index contributed by atoms with van der Waals surface area (Å²) in [6.45, 7) is 0. The highest BCUT2D eigenvalue weighted by molar-refractivity contribution is 9.09. The summed E-state index contributed by atoms with van der Waals surface area (Å²) in [6.07, 6.45) is 0. The molecule has 62 valence electrons. The highest BCUT2D eigenvalue weighted by Crippen LogP contribution is 2.06. The second-order valence-electron chi connectivity index (χ2n) is 2.54. The second-order valence-corrected chi connectivity index (χ2v) is 3.10. The Balaban J connectivity index is 3.09. The largest absolute Gasteiger partial charge is 0.293 e. The molecule has 0 radical (unpaired) electrons. The monoisotopic (exact) mass is 228 g/mol. The Hall–Kier alpha value is -0.635. The second kappa shape index (κ2) is 3.85. The van der Waals surface area contributed by atoms with Crippen LogP contribution in [0.2, 0.25) is 0 Å². The van der Waals surface area contributed by atoms with E-state index in [1.807, 2.05) is 0 Å². The molecule has 0 saturated heterocycles. The zero-order chi connectivity index (χ0) is 9.14. The first kappa shape index (κ1) is 9.45. The molecule has 0 saturated carbocycles. The van der Waals surface area contributed by atoms with Crippen LogP contribution in [0.25, 0.3) is 0 Å². The van der Waals surface area contributed by atoms with Crippen LogP contribution in [0.5, 0.6) is 0 Å². The van der Waals surface area contributed by atoms with E-state index in [1.54, 1.807) is 13.9 Å². The van der Waals surface area contributed by atoms with Crippen molar-refractivity contribution in [2.75, 3.05) is 5.33 Å². The summed E-state index contributed by atoms with van der Waals surface area (Å²) in [4.78, 5) is 11.1. The highest BCUT2D eigenvalue weighted by atomic mass is 79.9. The van der Waals surface area contributed by atoms with E-state index in [2.05, 4.69) is 15.9 Å². The van der Waals surface area contributed by atoms with Crippen molar-refractivity contribution in [3.05, 3.63) is 29.6 Å². The molecule has 0 bridgehead atoms. The molecule has 0 amide bonds. The molecule has 0 atom stereocenters. The van der Waals surface area contributed by atoms with Crippen molar-refractivity contribution in [2.24, 2.45) is 0 Å². The lowest BCUT2D eigenvalue weighted by atomic mass is 9.94. The van der Waals surface area contributed by atoms with Gasteiger partial charge in [-0.3, -0.25) is 4.79 Å². The number of Topliss-reactive ketones (excluding diaryl/α,β-unsaturated/α-hetero) is 1. The molecule has 0 N–H and O–H groups in total. The van der Waals surface area contributed by atoms with E-state index in [4.69, 9.17) is 0 Å². The maximum atomic E-state index is 13.0. The average molecular weight is 229 g/mol. The molecule has 12 heavy (non-hydrogen) atoms. The van der Waals surface area contributed by atoms with Crippen molar-refractivity contribution in [1.82, 2.24) is 0 Å². The minimum atomic E-state index is -0.445. The van der Waals surface area contributed by atoms with Crippen molar-refractivity contribution >= 4 is 35.0 Å². The van der Waals surface area contributed by atoms with E-state index in [0.29, 0.717) is 0 Å². The molecule has 0 aliphatic rings. The number of halogens is 2. The number of carbonyl (C=O) groups is 1. The summed E-state index contributed by atoms with van der Waals surface area (Å²) in [5, 5.41) is 0.160. The van der Waals surface area contributed by atoms with Crippen LogP contribution in [0.4, 0.5) is 4.39 Å². The summed E-state index contributed by atoms with van der Waals surface area (Å²) >= 11 is 2.99. The predicted molar refractivity (Wildman–Crippen MR) is 52.7 cm³/mol. The number of carbonyl (C=O) groups excluding carboxylic acids is 1. The van der Waals surface area contributed by atoms with Crippen LogP contribution in [-0.4, -0.2) is 19.0 Å². The molecular weight excluding hydrogens is 222 g/mol. The molecule has 0 unspecified atom stereocenters. The Labute approximate surface area is 79.5 Å². The van der Waals surface area contributed by atoms with Crippen LogP contribution in [-0.2, 0) is 0 Å². The maximum Gasteiger partial charge on any atom is 0.176 e. The van der Waals surface area contributed by atoms with Gasteiger partial charge in [-0.2, -0.15) is 0 Å². The molecule has 0 aliphatic heterocycles. The lowest BCUT2D eigenvalue weighted by Gasteiger charge is -1.99. The van der Waals surface area contributed by atoms with Gasteiger partial charge in [0.05, 0.1) is 10.9 Å². The first-order valence-corrected chi connectivity index (χ1v) is 4.62. The van der Waals surface area contributed by atoms with E-state index in [0.717, 1.165) is 5.46 Å². The zero-order valence-corrected chi connectivity index (χ0v) is 8.19. The zero-order valence-electron chi connectivity index (χ0n) is 6.60. The van der Waals surface area contributed by atoms with E-state index in [-0.39, 0.29) is 16.7 Å². The third-order valence-electron chi connectivity index (χ3n) is 1.55. The van der Waals surface area contributed by atoms with Gasteiger partial charge in [-0.1, -0.05) is 27.5 Å². The van der Waals surface area contributed by atoms with Crippen LogP contribution in [0.15, 0.2) is 18.2 Å². The molecule has 0 aromatic heterocycles. The molecule has 0 spiro atoms. The molecule has 1 nitrogen and oxygen atoms in total.